The zero-order valence-electron chi connectivity index (χ0n) is 12.6. The van der Waals surface area contributed by atoms with Crippen LogP contribution in [0.25, 0.3) is 0 Å². The van der Waals surface area contributed by atoms with Crippen LogP contribution in [0, 0.1) is 17.2 Å². The third-order valence-electron chi connectivity index (χ3n) is 3.91. The van der Waals surface area contributed by atoms with Crippen molar-refractivity contribution in [3.8, 4) is 0 Å². The SMILES string of the molecule is CC(C)NCC(C)(Cc1cc(F)ccc1Br)C(C)C. The Kier molecular flexibility index (Phi) is 6.00. The molecule has 1 unspecified atom stereocenters. The third kappa shape index (κ3) is 4.88. The number of hydrogen-bond acceptors (Lipinski definition) is 1. The Morgan fingerprint density at radius 3 is 2.42 bits per heavy atom. The first-order chi connectivity index (χ1) is 8.74. The second-order valence-electron chi connectivity index (χ2n) is 6.26. The summed E-state index contributed by atoms with van der Waals surface area (Å²) < 4.78 is 14.4. The van der Waals surface area contributed by atoms with Crippen molar-refractivity contribution >= 4 is 15.9 Å². The van der Waals surface area contributed by atoms with Crippen LogP contribution in [-0.4, -0.2) is 12.6 Å². The minimum atomic E-state index is -0.166. The fourth-order valence-corrected chi connectivity index (χ4v) is 2.41. The molecule has 1 aromatic carbocycles. The average Bonchev–Trinajstić information content (AvgIpc) is 2.31. The van der Waals surface area contributed by atoms with Gasteiger partial charge >= 0.3 is 0 Å². The van der Waals surface area contributed by atoms with E-state index in [2.05, 4.69) is 55.9 Å². The van der Waals surface area contributed by atoms with E-state index in [9.17, 15) is 4.39 Å². The van der Waals surface area contributed by atoms with Gasteiger partial charge in [-0.1, -0.05) is 50.5 Å². The van der Waals surface area contributed by atoms with Gasteiger partial charge in [-0.2, -0.15) is 0 Å². The summed E-state index contributed by atoms with van der Waals surface area (Å²) >= 11 is 3.53. The zero-order valence-corrected chi connectivity index (χ0v) is 14.1. The van der Waals surface area contributed by atoms with E-state index in [0.29, 0.717) is 12.0 Å². The molecule has 0 aliphatic heterocycles. The van der Waals surface area contributed by atoms with E-state index in [1.54, 1.807) is 12.1 Å². The van der Waals surface area contributed by atoms with Crippen LogP contribution >= 0.6 is 15.9 Å². The lowest BCUT2D eigenvalue weighted by Crippen LogP contribution is -2.40. The van der Waals surface area contributed by atoms with E-state index >= 15 is 0 Å². The van der Waals surface area contributed by atoms with Crippen molar-refractivity contribution < 1.29 is 4.39 Å². The highest BCUT2D eigenvalue weighted by Crippen LogP contribution is 2.33. The standard InChI is InChI=1S/C16H25BrFN/c1-11(2)16(5,10-19-12(3)4)9-13-8-14(18)6-7-15(13)17/h6-8,11-12,19H,9-10H2,1-5H3. The monoisotopic (exact) mass is 329 g/mol. The highest BCUT2D eigenvalue weighted by molar-refractivity contribution is 9.10. The van der Waals surface area contributed by atoms with Crippen LogP contribution in [-0.2, 0) is 6.42 Å². The van der Waals surface area contributed by atoms with E-state index in [1.165, 1.54) is 6.07 Å². The number of halogens is 2. The Balaban J connectivity index is 2.91. The first-order valence-corrected chi connectivity index (χ1v) is 7.71. The lowest BCUT2D eigenvalue weighted by molar-refractivity contribution is 0.201. The fraction of sp³-hybridized carbons (Fsp3) is 0.625. The van der Waals surface area contributed by atoms with Gasteiger partial charge in [0.05, 0.1) is 0 Å². The second-order valence-corrected chi connectivity index (χ2v) is 7.11. The molecule has 19 heavy (non-hydrogen) atoms. The molecule has 1 rings (SSSR count). The Morgan fingerprint density at radius 2 is 1.89 bits per heavy atom. The Morgan fingerprint density at radius 1 is 1.26 bits per heavy atom. The largest absolute Gasteiger partial charge is 0.314 e. The molecule has 1 aromatic rings. The summed E-state index contributed by atoms with van der Waals surface area (Å²) in [6, 6.07) is 5.39. The Hall–Kier alpha value is -0.410. The van der Waals surface area contributed by atoms with Crippen LogP contribution in [0.15, 0.2) is 22.7 Å². The molecule has 3 heteroatoms. The molecular weight excluding hydrogens is 305 g/mol. The minimum absolute atomic E-state index is 0.112. The van der Waals surface area contributed by atoms with Gasteiger partial charge in [0.25, 0.3) is 0 Å². The maximum absolute atomic E-state index is 13.4. The van der Waals surface area contributed by atoms with Gasteiger partial charge < -0.3 is 5.32 Å². The molecule has 0 fully saturated rings. The molecule has 0 saturated heterocycles. The number of hydrogen-bond donors (Lipinski definition) is 1. The predicted octanol–water partition coefficient (Wildman–Crippen LogP) is 4.79. The highest BCUT2D eigenvalue weighted by Gasteiger charge is 2.29. The molecule has 0 amide bonds. The molecular formula is C16H25BrFN. The average molecular weight is 330 g/mol. The molecule has 0 bridgehead atoms. The van der Waals surface area contributed by atoms with Crippen molar-refractivity contribution in [2.45, 2.75) is 47.1 Å². The van der Waals surface area contributed by atoms with E-state index in [0.717, 1.165) is 23.0 Å². The van der Waals surface area contributed by atoms with Crippen LogP contribution in [0.3, 0.4) is 0 Å². The van der Waals surface area contributed by atoms with Gasteiger partial charge in [-0.15, -0.1) is 0 Å². The van der Waals surface area contributed by atoms with Gasteiger partial charge in [0, 0.05) is 17.1 Å². The molecule has 0 aromatic heterocycles. The van der Waals surface area contributed by atoms with Crippen LogP contribution in [0.2, 0.25) is 0 Å². The number of rotatable bonds is 6. The summed E-state index contributed by atoms with van der Waals surface area (Å²) in [6.45, 7) is 12.0. The van der Waals surface area contributed by atoms with E-state index in [-0.39, 0.29) is 11.2 Å². The van der Waals surface area contributed by atoms with Gasteiger partial charge in [0.15, 0.2) is 0 Å². The molecule has 0 spiro atoms. The maximum Gasteiger partial charge on any atom is 0.123 e. The van der Waals surface area contributed by atoms with Gasteiger partial charge in [0.2, 0.25) is 0 Å². The van der Waals surface area contributed by atoms with Crippen LogP contribution in [0.1, 0.15) is 40.2 Å². The number of nitrogens with one attached hydrogen (secondary N) is 1. The first-order valence-electron chi connectivity index (χ1n) is 6.92. The second kappa shape index (κ2) is 6.85. The quantitative estimate of drug-likeness (QED) is 0.791. The Bertz CT molecular complexity index is 417. The summed E-state index contributed by atoms with van der Waals surface area (Å²) in [7, 11) is 0. The van der Waals surface area contributed by atoms with Gasteiger partial charge in [-0.3, -0.25) is 0 Å². The zero-order chi connectivity index (χ0) is 14.6. The normalized spacial score (nSPS) is 15.0. The molecule has 108 valence electrons. The molecule has 0 radical (unpaired) electrons. The van der Waals surface area contributed by atoms with Gasteiger partial charge in [-0.05, 0) is 41.5 Å². The first kappa shape index (κ1) is 16.6. The smallest absolute Gasteiger partial charge is 0.123 e. The summed E-state index contributed by atoms with van der Waals surface area (Å²) in [4.78, 5) is 0. The summed E-state index contributed by atoms with van der Waals surface area (Å²) in [5.41, 5.74) is 1.15. The molecule has 0 saturated carbocycles. The number of benzene rings is 1. The molecule has 0 aliphatic carbocycles. The van der Waals surface area contributed by atoms with Crippen LogP contribution < -0.4 is 5.32 Å². The summed E-state index contributed by atoms with van der Waals surface area (Å²) in [6.07, 6.45) is 0.864. The topological polar surface area (TPSA) is 12.0 Å². The predicted molar refractivity (Wildman–Crippen MR) is 83.9 cm³/mol. The minimum Gasteiger partial charge on any atom is -0.314 e. The third-order valence-corrected chi connectivity index (χ3v) is 4.68. The van der Waals surface area contributed by atoms with E-state index in [1.807, 2.05) is 0 Å². The summed E-state index contributed by atoms with van der Waals surface area (Å²) in [5.74, 6) is 0.357. The van der Waals surface area contributed by atoms with E-state index in [4.69, 9.17) is 0 Å². The maximum atomic E-state index is 13.4. The summed E-state index contributed by atoms with van der Waals surface area (Å²) in [5, 5.41) is 3.51. The van der Waals surface area contributed by atoms with Crippen LogP contribution in [0.5, 0.6) is 0 Å². The van der Waals surface area contributed by atoms with E-state index < -0.39 is 0 Å². The lowest BCUT2D eigenvalue weighted by atomic mass is 9.74. The van der Waals surface area contributed by atoms with Gasteiger partial charge in [0.1, 0.15) is 5.82 Å². The van der Waals surface area contributed by atoms with Crippen molar-refractivity contribution in [1.29, 1.82) is 0 Å². The molecule has 1 atom stereocenters. The molecule has 1 nitrogen and oxygen atoms in total. The van der Waals surface area contributed by atoms with Crippen molar-refractivity contribution in [3.05, 3.63) is 34.1 Å². The fourth-order valence-electron chi connectivity index (χ4n) is 2.02. The van der Waals surface area contributed by atoms with Crippen molar-refractivity contribution in [2.24, 2.45) is 11.3 Å². The van der Waals surface area contributed by atoms with Crippen molar-refractivity contribution in [1.82, 2.24) is 5.32 Å². The van der Waals surface area contributed by atoms with Crippen LogP contribution in [0.4, 0.5) is 4.39 Å². The van der Waals surface area contributed by atoms with Crippen molar-refractivity contribution in [2.75, 3.05) is 6.54 Å². The van der Waals surface area contributed by atoms with Gasteiger partial charge in [-0.25, -0.2) is 4.39 Å². The molecule has 0 heterocycles. The van der Waals surface area contributed by atoms with Crippen molar-refractivity contribution in [3.63, 3.8) is 0 Å². The highest BCUT2D eigenvalue weighted by atomic mass is 79.9. The molecule has 1 N–H and O–H groups in total. The molecule has 0 aliphatic rings. The Labute approximate surface area is 125 Å². The lowest BCUT2D eigenvalue weighted by Gasteiger charge is -2.35.